The molecular weight excluding hydrogens is 1190 g/mol. The van der Waals surface area contributed by atoms with Crippen molar-refractivity contribution in [3.8, 4) is 0 Å². The Kier molecular flexibility index (Phi) is 54.0. The molecule has 0 aliphatic rings. The van der Waals surface area contributed by atoms with Crippen molar-refractivity contribution in [3.05, 3.63) is 0 Å². The molecule has 0 rings (SSSR count). The summed E-state index contributed by atoms with van der Waals surface area (Å²) in [7, 11) is 0. The third-order valence-electron chi connectivity index (χ3n) is 2.56. The van der Waals surface area contributed by atoms with E-state index in [1.807, 2.05) is 0 Å². The molecule has 301 valence electrons. The summed E-state index contributed by atoms with van der Waals surface area (Å²) < 4.78 is 11.1. The molecular formula is C12H12AlCl18N6O13Zr. The monoisotopic (exact) mass is 1190 g/mol. The van der Waals surface area contributed by atoms with Gasteiger partial charge in [0.05, 0.1) is 0 Å². The Morgan fingerprint density at radius 3 is 0.608 bits per heavy atom. The molecule has 0 aromatic rings. The maximum atomic E-state index is 11.0. The number of rotatable bonds is 14. The van der Waals surface area contributed by atoms with Gasteiger partial charge in [0.2, 0.25) is 33.0 Å². The van der Waals surface area contributed by atoms with Crippen LogP contribution in [0.25, 0.3) is 0 Å². The molecule has 0 heterocycles. The Morgan fingerprint density at radius 1 is 0.392 bits per heavy atom. The van der Waals surface area contributed by atoms with Gasteiger partial charge in [-0.05, 0) is 141 Å². The Labute approximate surface area is 402 Å². The number of alkyl halides is 6. The first-order valence-electron chi connectivity index (χ1n) is 9.62. The maximum absolute atomic E-state index is 11.0. The molecule has 1 radical (unpaired) electrons. The largest absolute Gasteiger partial charge is 0.886 e. The van der Waals surface area contributed by atoms with Crippen molar-refractivity contribution in [3.63, 3.8) is 0 Å². The smallest absolute Gasteiger partial charge is 0.587 e. The van der Waals surface area contributed by atoms with Gasteiger partial charge in [-0.2, -0.15) is 0 Å². The molecule has 0 amide bonds. The average Bonchev–Trinajstić information content (AvgIpc) is 2.98. The first kappa shape index (κ1) is 68.8. The van der Waals surface area contributed by atoms with Gasteiger partial charge >= 0.3 is 51.7 Å². The number of hydrogen-bond acceptors (Lipinski definition) is 14. The van der Waals surface area contributed by atoms with Crippen LogP contribution in [0.3, 0.4) is 0 Å². The minimum absolute atomic E-state index is 0. The van der Waals surface area contributed by atoms with Gasteiger partial charge in [0.25, 0.3) is 0 Å². The molecule has 0 saturated carbocycles. The van der Waals surface area contributed by atoms with Gasteiger partial charge in [-0.25, -0.2) is 19.2 Å². The molecule has 0 aliphatic heterocycles. The van der Waals surface area contributed by atoms with Crippen molar-refractivity contribution in [2.75, 3.05) is 0 Å². The Morgan fingerprint density at radius 2 is 0.529 bits per heavy atom. The van der Waals surface area contributed by atoms with E-state index in [1.54, 1.807) is 0 Å². The van der Waals surface area contributed by atoms with Crippen LogP contribution < -0.4 is 0 Å². The fourth-order valence-electron chi connectivity index (χ4n) is 0.724. The molecule has 0 bridgehead atoms. The van der Waals surface area contributed by atoms with Crippen LogP contribution in [-0.4, -0.2) is 134 Å². The van der Waals surface area contributed by atoms with E-state index in [-0.39, 0.29) is 31.7 Å². The topological polar surface area (TPSA) is 253 Å². The van der Waals surface area contributed by atoms with Crippen LogP contribution in [0.4, 0.5) is 0 Å². The number of aliphatic carboxylic acids is 4. The van der Waals surface area contributed by atoms with Crippen LogP contribution in [0.2, 0.25) is 0 Å². The molecule has 19 nitrogen and oxygen atoms in total. The Hall–Kier alpha value is 3.18. The second-order valence-corrected chi connectivity index (χ2v) is 14.4. The zero-order chi connectivity index (χ0) is 40.5. The number of carboxylic acids is 4. The summed E-state index contributed by atoms with van der Waals surface area (Å²) in [6.07, 6.45) is 0. The molecule has 0 spiro atoms. The summed E-state index contributed by atoms with van der Waals surface area (Å²) in [5.74, 6) is -7.10. The molecule has 0 aliphatic carbocycles. The molecule has 0 aromatic carbocycles. The van der Waals surface area contributed by atoms with E-state index in [9.17, 15) is 28.8 Å². The minimum atomic E-state index is -1.49. The second kappa shape index (κ2) is 40.0. The van der Waals surface area contributed by atoms with Crippen LogP contribution >= 0.6 is 211 Å². The number of hydrogen-bond donors (Lipinski definition) is 4. The van der Waals surface area contributed by atoms with Crippen LogP contribution in [0, 0.1) is 0 Å². The minimum Gasteiger partial charge on any atom is -0.587 e. The maximum Gasteiger partial charge on any atom is 0.886 e. The van der Waals surface area contributed by atoms with Gasteiger partial charge in [0.1, 0.15) is 0 Å². The summed E-state index contributed by atoms with van der Waals surface area (Å²) in [5, 5.41) is 32.0. The molecule has 0 saturated heterocycles. The van der Waals surface area contributed by atoms with Crippen molar-refractivity contribution in [1.82, 2.24) is 23.6 Å². The Bertz CT molecular complexity index is 884. The van der Waals surface area contributed by atoms with E-state index in [2.05, 4.69) is 7.58 Å². The summed E-state index contributed by atoms with van der Waals surface area (Å²) in [4.78, 5) is 61.3. The fraction of sp³-hybridized carbons (Fsp3) is 0.500. The van der Waals surface area contributed by atoms with Gasteiger partial charge in [-0.15, -0.1) is 23.6 Å². The van der Waals surface area contributed by atoms with Crippen LogP contribution in [-0.2, 0) is 62.5 Å². The van der Waals surface area contributed by atoms with Crippen LogP contribution in [0.5, 0.6) is 0 Å². The normalized spacial score (nSPS) is 13.6. The predicted octanol–water partition coefficient (Wildman–Crippen LogP) is 6.11. The van der Waals surface area contributed by atoms with Gasteiger partial charge in [-0.3, -0.25) is 9.59 Å². The molecule has 0 fully saturated rings. The Balaban J connectivity index is -0.0000000987. The number of carbonyl (C=O) groups is 6. The molecule has 6 N–H and O–H groups in total. The van der Waals surface area contributed by atoms with E-state index in [1.165, 1.54) is 0 Å². The summed E-state index contributed by atoms with van der Waals surface area (Å²) in [6.45, 7) is 0. The number of carboxylic acid groups (broad SMARTS) is 4. The average molecular weight is 1200 g/mol. The number of carbonyl (C=O) groups excluding carboxylic acids is 2. The van der Waals surface area contributed by atoms with E-state index >= 15 is 0 Å². The third kappa shape index (κ3) is 42.6. The van der Waals surface area contributed by atoms with E-state index in [4.69, 9.17) is 231 Å². The zero-order valence-electron chi connectivity index (χ0n) is 22.6. The van der Waals surface area contributed by atoms with E-state index in [0.29, 0.717) is 23.6 Å². The van der Waals surface area contributed by atoms with Crippen molar-refractivity contribution >= 4 is 263 Å². The quantitative estimate of drug-likeness (QED) is 0.0662. The summed E-state index contributed by atoms with van der Waals surface area (Å²) >= 11 is 89.2. The van der Waals surface area contributed by atoms with Gasteiger partial charge in [-0.1, -0.05) is 69.6 Å². The number of nitrogens with zero attached hydrogens (tertiary/aromatic N) is 6. The third-order valence-corrected chi connectivity index (χ3v) is 9.03. The first-order chi connectivity index (χ1) is 22.0. The van der Waals surface area contributed by atoms with Gasteiger partial charge in [0, 0.05) is 26.2 Å². The van der Waals surface area contributed by atoms with Gasteiger partial charge in [0.15, 0.2) is 0 Å². The fourth-order valence-corrected chi connectivity index (χ4v) is 2.48. The summed E-state index contributed by atoms with van der Waals surface area (Å²) in [5.41, 5.74) is -8.35. The zero-order valence-corrected chi connectivity index (χ0v) is 39.8. The molecule has 39 heteroatoms. The predicted molar refractivity (Wildman–Crippen MR) is 191 cm³/mol. The molecule has 0 aromatic heterocycles. The first-order valence-corrected chi connectivity index (χ1v) is 17.2. The van der Waals surface area contributed by atoms with Crippen molar-refractivity contribution in [1.29, 1.82) is 0 Å². The van der Waals surface area contributed by atoms with Crippen molar-refractivity contribution < 1.29 is 88.4 Å². The van der Waals surface area contributed by atoms with Crippen molar-refractivity contribution in [2.45, 2.75) is 33.0 Å². The summed E-state index contributed by atoms with van der Waals surface area (Å²) in [6, 6.07) is 0. The second-order valence-electron chi connectivity index (χ2n) is 5.89. The standard InChI is InChI=1S/6C2H2Cl3NO2.Al.H2O.Zr/c6*3-1(2(7)8)6(4)5;;;/h6*1H,(H,7,8);;1H2;/q;;;;;;+2;;/p-2. The molecule has 6 atom stereocenters. The van der Waals surface area contributed by atoms with Crippen molar-refractivity contribution in [2.24, 2.45) is 0 Å². The van der Waals surface area contributed by atoms with Crippen LogP contribution in [0.1, 0.15) is 0 Å². The SMILES string of the molecule is O.O=C(O)C(Cl)N(Cl)Cl.O=C(O)C(Cl)N(Cl)Cl.O=C(O)C(Cl)N(Cl)Cl.O=C(O)C(Cl)N(Cl)Cl.O=C([O][Al][O]C(=O)C(Cl)N(Cl)Cl)C(Cl)N(Cl)Cl.[Zr]. The van der Waals surface area contributed by atoms with Crippen LogP contribution in [0.15, 0.2) is 0 Å². The van der Waals surface area contributed by atoms with E-state index < -0.39 is 84.7 Å². The number of halogens is 18. The van der Waals surface area contributed by atoms with E-state index in [0.717, 1.165) is 0 Å². The molecule has 51 heavy (non-hydrogen) atoms. The van der Waals surface area contributed by atoms with Gasteiger partial charge < -0.3 is 33.5 Å². The molecule has 6 unspecified atom stereocenters.